The molecular weight excluding hydrogens is 794 g/mol. The molecule has 0 amide bonds. The molecule has 0 saturated heterocycles. The Labute approximate surface area is 310 Å². The second-order valence-corrected chi connectivity index (χ2v) is 15.5. The summed E-state index contributed by atoms with van der Waals surface area (Å²) < 4.78 is 2.24. The fourth-order valence-corrected chi connectivity index (χ4v) is 6.72. The number of aromatic hydroxyl groups is 1. The molecule has 0 aliphatic rings. The summed E-state index contributed by atoms with van der Waals surface area (Å²) in [6.07, 6.45) is 1.87. The first kappa shape index (κ1) is 35.3. The van der Waals surface area contributed by atoms with Gasteiger partial charge in [0.25, 0.3) is 0 Å². The van der Waals surface area contributed by atoms with Gasteiger partial charge in [-0.05, 0) is 71.0 Å². The Bertz CT molecular complexity index is 2340. The van der Waals surface area contributed by atoms with Gasteiger partial charge in [0.2, 0.25) is 0 Å². The van der Waals surface area contributed by atoms with Gasteiger partial charge in [-0.2, -0.15) is 0 Å². The van der Waals surface area contributed by atoms with E-state index in [-0.39, 0.29) is 43.7 Å². The quantitative estimate of drug-likeness (QED) is 0.176. The van der Waals surface area contributed by atoms with Gasteiger partial charge in [-0.3, -0.25) is 4.98 Å². The van der Waals surface area contributed by atoms with Crippen LogP contribution in [0.1, 0.15) is 72.6 Å². The summed E-state index contributed by atoms with van der Waals surface area (Å²) in [7, 11) is 0. The largest absolute Gasteiger partial charge is 0.507 e. The van der Waals surface area contributed by atoms with Crippen molar-refractivity contribution in [3.05, 3.63) is 127 Å². The summed E-state index contributed by atoms with van der Waals surface area (Å²) in [6, 6.07) is 39.9. The molecule has 7 rings (SSSR count). The van der Waals surface area contributed by atoms with Crippen molar-refractivity contribution in [3.63, 3.8) is 0 Å². The van der Waals surface area contributed by atoms with Crippen LogP contribution in [0.3, 0.4) is 0 Å². The topological polar surface area (TPSA) is 50.9 Å². The van der Waals surface area contributed by atoms with Gasteiger partial charge in [0.05, 0.1) is 16.6 Å². The summed E-state index contributed by atoms with van der Waals surface area (Å²) in [5, 5.41) is 12.3. The Balaban J connectivity index is 0.00000432. The van der Waals surface area contributed by atoms with E-state index in [1.54, 1.807) is 6.07 Å². The van der Waals surface area contributed by atoms with Crippen molar-refractivity contribution in [2.24, 2.45) is 0 Å². The predicted octanol–water partition coefficient (Wildman–Crippen LogP) is 11.9. The molecule has 0 fully saturated rings. The maximum atomic E-state index is 11.2. The van der Waals surface area contributed by atoms with Crippen LogP contribution in [0.15, 0.2) is 109 Å². The molecule has 0 radical (unpaired) electrons. The second kappa shape index (κ2) is 13.3. The van der Waals surface area contributed by atoms with Crippen LogP contribution in [0.2, 0.25) is 0 Å². The van der Waals surface area contributed by atoms with Crippen molar-refractivity contribution >= 4 is 21.9 Å². The van der Waals surface area contributed by atoms with Crippen molar-refractivity contribution < 1.29 is 26.2 Å². The van der Waals surface area contributed by atoms with Gasteiger partial charge in [0, 0.05) is 38.8 Å². The molecule has 0 saturated carbocycles. The van der Waals surface area contributed by atoms with Crippen LogP contribution >= 0.6 is 0 Å². The van der Waals surface area contributed by atoms with Crippen LogP contribution in [0.5, 0.6) is 5.75 Å². The number of hydrogen-bond acceptors (Lipinski definition) is 3. The van der Waals surface area contributed by atoms with Crippen molar-refractivity contribution in [2.45, 2.75) is 72.3 Å². The van der Waals surface area contributed by atoms with E-state index in [1.807, 2.05) is 18.3 Å². The van der Waals surface area contributed by atoms with E-state index in [2.05, 4.69) is 151 Å². The summed E-state index contributed by atoms with van der Waals surface area (Å²) in [6.45, 7) is 17.7. The van der Waals surface area contributed by atoms with Crippen LogP contribution < -0.4 is 0 Å². The van der Waals surface area contributed by atoms with E-state index >= 15 is 0 Å². The molecule has 7 aromatic rings. The molecule has 2 aromatic heterocycles. The van der Waals surface area contributed by atoms with E-state index in [0.717, 1.165) is 72.3 Å². The first-order chi connectivity index (χ1) is 23.3. The number of imidazole rings is 1. The SMILES string of the molecule is CC(C)n1c(-c2cc(C(C)(C)C)ccc2O)nc2c(-c3[c-]c(-c4cc(C(C)(C)C)cc5cccnc45)cc(-c4ccccc4)c3)cccc21.[Pt]. The van der Waals surface area contributed by atoms with Crippen molar-refractivity contribution in [3.8, 4) is 50.5 Å². The molecule has 0 aliphatic heterocycles. The number of hydrogen-bond donors (Lipinski definition) is 1. The summed E-state index contributed by atoms with van der Waals surface area (Å²) in [5.41, 5.74) is 12.1. The maximum absolute atomic E-state index is 11.2. The van der Waals surface area contributed by atoms with E-state index in [0.29, 0.717) is 0 Å². The van der Waals surface area contributed by atoms with Crippen LogP contribution in [-0.4, -0.2) is 19.6 Å². The molecule has 5 heteroatoms. The Hall–Kier alpha value is -4.53. The normalized spacial score (nSPS) is 12.1. The Morgan fingerprint density at radius 1 is 0.640 bits per heavy atom. The number of para-hydroxylation sites is 1. The number of pyridine rings is 1. The molecule has 50 heavy (non-hydrogen) atoms. The molecule has 256 valence electrons. The van der Waals surface area contributed by atoms with Crippen molar-refractivity contribution in [2.75, 3.05) is 0 Å². The first-order valence-electron chi connectivity index (χ1n) is 17.2. The van der Waals surface area contributed by atoms with E-state index in [9.17, 15) is 5.11 Å². The van der Waals surface area contributed by atoms with Crippen LogP contribution in [0.25, 0.3) is 66.7 Å². The summed E-state index contributed by atoms with van der Waals surface area (Å²) in [4.78, 5) is 10.2. The molecule has 0 aliphatic carbocycles. The number of rotatable bonds is 5. The standard InChI is InChI=1S/C45H44N3O.Pt/c1-28(2)48-39-18-12-17-36(42(39)47-43(48)38-26-34(44(3,4)5)19-20-40(38)49)32-22-31(29-14-10-9-11-15-29)23-33(24-32)37-27-35(45(6,7)8)25-30-16-13-21-46-41(30)37;/h9-23,25-28,49H,1-8H3;/q-1;. The number of aromatic nitrogens is 3. The Morgan fingerprint density at radius 3 is 2.00 bits per heavy atom. The maximum Gasteiger partial charge on any atom is 0.144 e. The Morgan fingerprint density at radius 2 is 1.32 bits per heavy atom. The van der Waals surface area contributed by atoms with Gasteiger partial charge in [-0.25, -0.2) is 4.98 Å². The fourth-order valence-electron chi connectivity index (χ4n) is 6.72. The van der Waals surface area contributed by atoms with Gasteiger partial charge in [0.15, 0.2) is 0 Å². The molecule has 2 heterocycles. The van der Waals surface area contributed by atoms with Crippen LogP contribution in [0, 0.1) is 6.07 Å². The predicted molar refractivity (Wildman–Crippen MR) is 205 cm³/mol. The number of phenolic OH excluding ortho intramolecular Hbond substituents is 1. The molecule has 0 atom stereocenters. The minimum Gasteiger partial charge on any atom is -0.507 e. The van der Waals surface area contributed by atoms with Crippen molar-refractivity contribution in [1.29, 1.82) is 0 Å². The number of fused-ring (bicyclic) bond motifs is 2. The van der Waals surface area contributed by atoms with E-state index in [1.165, 1.54) is 5.56 Å². The zero-order valence-corrected chi connectivity index (χ0v) is 32.3. The third-order valence-corrected chi connectivity index (χ3v) is 9.47. The van der Waals surface area contributed by atoms with Gasteiger partial charge >= 0.3 is 0 Å². The first-order valence-corrected chi connectivity index (χ1v) is 17.2. The zero-order valence-electron chi connectivity index (χ0n) is 30.1. The smallest absolute Gasteiger partial charge is 0.144 e. The number of nitrogens with zero attached hydrogens (tertiary/aromatic N) is 3. The van der Waals surface area contributed by atoms with Crippen LogP contribution in [0.4, 0.5) is 0 Å². The van der Waals surface area contributed by atoms with Gasteiger partial charge in [0.1, 0.15) is 11.6 Å². The van der Waals surface area contributed by atoms with Crippen molar-refractivity contribution in [1.82, 2.24) is 14.5 Å². The average molecular weight is 838 g/mol. The Kier molecular flexibility index (Phi) is 9.39. The monoisotopic (exact) mass is 837 g/mol. The minimum atomic E-state index is -0.0746. The molecule has 5 aromatic carbocycles. The van der Waals surface area contributed by atoms with Crippen LogP contribution in [-0.2, 0) is 31.9 Å². The fraction of sp³-hybridized carbons (Fsp3) is 0.244. The number of phenols is 1. The third-order valence-electron chi connectivity index (χ3n) is 9.47. The summed E-state index contributed by atoms with van der Waals surface area (Å²) in [5.74, 6) is 0.985. The van der Waals surface area contributed by atoms with Gasteiger partial charge in [-0.1, -0.05) is 125 Å². The molecule has 1 N–H and O–H groups in total. The molecule has 0 unspecified atom stereocenters. The van der Waals surface area contributed by atoms with E-state index < -0.39 is 0 Å². The number of benzene rings is 5. The molecule has 4 nitrogen and oxygen atoms in total. The second-order valence-electron chi connectivity index (χ2n) is 15.5. The molecule has 0 bridgehead atoms. The van der Waals surface area contributed by atoms with Gasteiger partial charge in [-0.15, -0.1) is 29.3 Å². The zero-order chi connectivity index (χ0) is 34.7. The molecule has 0 spiro atoms. The summed E-state index contributed by atoms with van der Waals surface area (Å²) >= 11 is 0. The third kappa shape index (κ3) is 6.54. The van der Waals surface area contributed by atoms with Gasteiger partial charge < -0.3 is 9.67 Å². The minimum absolute atomic E-state index is 0. The molecular formula is C45H44N3OPt-. The average Bonchev–Trinajstić information content (AvgIpc) is 3.47. The van der Waals surface area contributed by atoms with E-state index in [4.69, 9.17) is 9.97 Å².